The molecule has 2 aliphatic rings. The molecule has 2 rings (SSSR count). The normalized spacial score (nSPS) is 34.8. The summed E-state index contributed by atoms with van der Waals surface area (Å²) < 4.78 is 0. The van der Waals surface area contributed by atoms with Gasteiger partial charge in [0.05, 0.1) is 5.60 Å². The lowest BCUT2D eigenvalue weighted by atomic mass is 9.67. The Kier molecular flexibility index (Phi) is 4.14. The van der Waals surface area contributed by atoms with Gasteiger partial charge in [-0.15, -0.1) is 0 Å². The minimum atomic E-state index is -0.435. The molecule has 1 saturated heterocycles. The highest BCUT2D eigenvalue weighted by Crippen LogP contribution is 2.41. The molecule has 0 aromatic carbocycles. The van der Waals surface area contributed by atoms with E-state index in [1.807, 2.05) is 0 Å². The number of nitrogens with one attached hydrogen (secondary N) is 1. The van der Waals surface area contributed by atoms with E-state index in [4.69, 9.17) is 0 Å². The molecular formula is C15H29NO. The first kappa shape index (κ1) is 13.4. The van der Waals surface area contributed by atoms with Gasteiger partial charge >= 0.3 is 0 Å². The maximum absolute atomic E-state index is 10.9. The van der Waals surface area contributed by atoms with Crippen LogP contribution in [0.15, 0.2) is 0 Å². The van der Waals surface area contributed by atoms with Gasteiger partial charge in [0.1, 0.15) is 0 Å². The maximum atomic E-state index is 10.9. The molecule has 1 aliphatic carbocycles. The van der Waals surface area contributed by atoms with Crippen LogP contribution in [0.5, 0.6) is 0 Å². The largest absolute Gasteiger partial charge is 0.389 e. The minimum absolute atomic E-state index is 0.0277. The summed E-state index contributed by atoms with van der Waals surface area (Å²) in [6, 6.07) is 0. The van der Waals surface area contributed by atoms with Crippen LogP contribution in [0.4, 0.5) is 0 Å². The molecule has 2 nitrogen and oxygen atoms in total. The molecule has 1 saturated carbocycles. The fourth-order valence-corrected chi connectivity index (χ4v) is 3.58. The molecule has 1 unspecified atom stereocenters. The van der Waals surface area contributed by atoms with Crippen molar-refractivity contribution in [3.63, 3.8) is 0 Å². The number of hydrogen-bond donors (Lipinski definition) is 2. The molecule has 0 aromatic heterocycles. The monoisotopic (exact) mass is 239 g/mol. The van der Waals surface area contributed by atoms with Gasteiger partial charge in [-0.3, -0.25) is 0 Å². The zero-order chi connectivity index (χ0) is 12.4. The zero-order valence-corrected chi connectivity index (χ0v) is 11.6. The number of aliphatic hydroxyl groups is 1. The molecule has 100 valence electrons. The van der Waals surface area contributed by atoms with Crippen molar-refractivity contribution in [3.05, 3.63) is 0 Å². The molecule has 0 aromatic rings. The first-order valence-electron chi connectivity index (χ1n) is 7.47. The zero-order valence-electron chi connectivity index (χ0n) is 11.6. The third-order valence-electron chi connectivity index (χ3n) is 5.23. The van der Waals surface area contributed by atoms with Crippen molar-refractivity contribution in [3.8, 4) is 0 Å². The quantitative estimate of drug-likeness (QED) is 0.793. The molecule has 2 N–H and O–H groups in total. The van der Waals surface area contributed by atoms with Gasteiger partial charge in [-0.2, -0.15) is 0 Å². The summed E-state index contributed by atoms with van der Waals surface area (Å²) in [5.74, 6) is 0.887. The van der Waals surface area contributed by atoms with Crippen molar-refractivity contribution in [1.82, 2.24) is 5.32 Å². The molecule has 1 heterocycles. The summed E-state index contributed by atoms with van der Waals surface area (Å²) in [4.78, 5) is 0. The molecule has 0 amide bonds. The molecule has 1 aliphatic heterocycles. The third kappa shape index (κ3) is 3.03. The molecular weight excluding hydrogens is 210 g/mol. The molecule has 0 bridgehead atoms. The Morgan fingerprint density at radius 1 is 1.18 bits per heavy atom. The van der Waals surface area contributed by atoms with Gasteiger partial charge in [0, 0.05) is 12.0 Å². The predicted octanol–water partition coefficient (Wildman–Crippen LogP) is 3.10. The van der Waals surface area contributed by atoms with Crippen molar-refractivity contribution < 1.29 is 5.11 Å². The van der Waals surface area contributed by atoms with Gasteiger partial charge in [0.25, 0.3) is 0 Å². The van der Waals surface area contributed by atoms with Crippen molar-refractivity contribution in [1.29, 1.82) is 0 Å². The number of piperidine rings is 1. The van der Waals surface area contributed by atoms with E-state index in [-0.39, 0.29) is 5.41 Å². The Hall–Kier alpha value is -0.0800. The summed E-state index contributed by atoms with van der Waals surface area (Å²) in [5, 5.41) is 14.3. The SMILES string of the molecule is CC1(C)CNCCC1(O)CCC1CCCCC1. The van der Waals surface area contributed by atoms with Gasteiger partial charge in [0.2, 0.25) is 0 Å². The molecule has 17 heavy (non-hydrogen) atoms. The van der Waals surface area contributed by atoms with E-state index in [0.717, 1.165) is 31.8 Å². The van der Waals surface area contributed by atoms with Crippen LogP contribution in [-0.4, -0.2) is 23.8 Å². The fraction of sp³-hybridized carbons (Fsp3) is 1.00. The van der Waals surface area contributed by atoms with Crippen molar-refractivity contribution in [2.45, 2.75) is 70.8 Å². The molecule has 1 atom stereocenters. The molecule has 0 spiro atoms. The summed E-state index contributed by atoms with van der Waals surface area (Å²) >= 11 is 0. The van der Waals surface area contributed by atoms with E-state index in [0.29, 0.717) is 0 Å². The molecule has 0 radical (unpaired) electrons. The average Bonchev–Trinajstić information content (AvgIpc) is 2.32. The Balaban J connectivity index is 1.87. The highest BCUT2D eigenvalue weighted by molar-refractivity contribution is 4.98. The lowest BCUT2D eigenvalue weighted by Gasteiger charge is -2.47. The maximum Gasteiger partial charge on any atom is 0.0722 e. The summed E-state index contributed by atoms with van der Waals surface area (Å²) in [6.07, 6.45) is 10.2. The Bertz CT molecular complexity index is 245. The van der Waals surface area contributed by atoms with Gasteiger partial charge < -0.3 is 10.4 Å². The number of hydrogen-bond acceptors (Lipinski definition) is 2. The average molecular weight is 239 g/mol. The van der Waals surface area contributed by atoms with Crippen LogP contribution < -0.4 is 5.32 Å². The van der Waals surface area contributed by atoms with Crippen molar-refractivity contribution in [2.75, 3.05) is 13.1 Å². The first-order chi connectivity index (χ1) is 8.04. The van der Waals surface area contributed by atoms with Gasteiger partial charge in [-0.1, -0.05) is 46.0 Å². The minimum Gasteiger partial charge on any atom is -0.389 e. The predicted molar refractivity (Wildman–Crippen MR) is 72.0 cm³/mol. The Morgan fingerprint density at radius 2 is 1.88 bits per heavy atom. The fourth-order valence-electron chi connectivity index (χ4n) is 3.58. The van der Waals surface area contributed by atoms with Crippen LogP contribution in [0.25, 0.3) is 0 Å². The molecule has 2 heteroatoms. The lowest BCUT2D eigenvalue weighted by Crippen LogP contribution is -2.56. The van der Waals surface area contributed by atoms with Gasteiger partial charge in [-0.25, -0.2) is 0 Å². The standard InChI is InChI=1S/C15H29NO/c1-14(2)12-16-11-10-15(14,17)9-8-13-6-4-3-5-7-13/h13,16-17H,3-12H2,1-2H3. The van der Waals surface area contributed by atoms with Crippen LogP contribution in [0, 0.1) is 11.3 Å². The Morgan fingerprint density at radius 3 is 2.53 bits per heavy atom. The van der Waals surface area contributed by atoms with E-state index in [2.05, 4.69) is 19.2 Å². The van der Waals surface area contributed by atoms with Crippen LogP contribution >= 0.6 is 0 Å². The lowest BCUT2D eigenvalue weighted by molar-refractivity contribution is -0.0972. The van der Waals surface area contributed by atoms with Crippen LogP contribution in [-0.2, 0) is 0 Å². The van der Waals surface area contributed by atoms with Crippen LogP contribution in [0.3, 0.4) is 0 Å². The second kappa shape index (κ2) is 5.27. The van der Waals surface area contributed by atoms with Gasteiger partial charge in [0.15, 0.2) is 0 Å². The highest BCUT2D eigenvalue weighted by atomic mass is 16.3. The van der Waals surface area contributed by atoms with Crippen molar-refractivity contribution >= 4 is 0 Å². The second-order valence-electron chi connectivity index (χ2n) is 6.88. The second-order valence-corrected chi connectivity index (χ2v) is 6.88. The van der Waals surface area contributed by atoms with Crippen molar-refractivity contribution in [2.24, 2.45) is 11.3 Å². The first-order valence-corrected chi connectivity index (χ1v) is 7.47. The van der Waals surface area contributed by atoms with E-state index in [1.54, 1.807) is 0 Å². The van der Waals surface area contributed by atoms with Gasteiger partial charge in [-0.05, 0) is 31.7 Å². The van der Waals surface area contributed by atoms with E-state index in [9.17, 15) is 5.11 Å². The summed E-state index contributed by atoms with van der Waals surface area (Å²) in [6.45, 7) is 6.35. The molecule has 2 fully saturated rings. The topological polar surface area (TPSA) is 32.3 Å². The van der Waals surface area contributed by atoms with E-state index < -0.39 is 5.60 Å². The van der Waals surface area contributed by atoms with Crippen LogP contribution in [0.2, 0.25) is 0 Å². The smallest absolute Gasteiger partial charge is 0.0722 e. The number of rotatable bonds is 3. The summed E-state index contributed by atoms with van der Waals surface area (Å²) in [5.41, 5.74) is -0.407. The summed E-state index contributed by atoms with van der Waals surface area (Å²) in [7, 11) is 0. The Labute approximate surface area is 106 Å². The highest BCUT2D eigenvalue weighted by Gasteiger charge is 2.44. The van der Waals surface area contributed by atoms with Crippen LogP contribution in [0.1, 0.15) is 65.2 Å². The van der Waals surface area contributed by atoms with E-state index >= 15 is 0 Å². The van der Waals surface area contributed by atoms with E-state index in [1.165, 1.54) is 38.5 Å². The third-order valence-corrected chi connectivity index (χ3v) is 5.23.